The van der Waals surface area contributed by atoms with Crippen LogP contribution < -0.4 is 0 Å². The predicted molar refractivity (Wildman–Crippen MR) is 84.1 cm³/mol. The maximum atomic E-state index is 12.4. The molecular weight excluding hydrogens is 298 g/mol. The third kappa shape index (κ3) is 3.65. The van der Waals surface area contributed by atoms with Gasteiger partial charge in [-0.15, -0.1) is 0 Å². The van der Waals surface area contributed by atoms with Gasteiger partial charge < -0.3 is 14.4 Å². The molecule has 0 radical (unpaired) electrons. The Morgan fingerprint density at radius 2 is 2.00 bits per heavy atom. The lowest BCUT2D eigenvalue weighted by atomic mass is 10.00. The highest BCUT2D eigenvalue weighted by Gasteiger charge is 2.35. The van der Waals surface area contributed by atoms with E-state index in [0.717, 1.165) is 11.3 Å². The summed E-state index contributed by atoms with van der Waals surface area (Å²) in [5.74, 6) is -0.456. The molecule has 23 heavy (non-hydrogen) atoms. The van der Waals surface area contributed by atoms with Crippen LogP contribution in [0.5, 0.6) is 0 Å². The largest absolute Gasteiger partial charge is 0.461 e. The molecule has 0 aliphatic carbocycles. The van der Waals surface area contributed by atoms with Crippen molar-refractivity contribution in [1.29, 1.82) is 0 Å². The lowest BCUT2D eigenvalue weighted by Crippen LogP contribution is -2.45. The highest BCUT2D eigenvalue weighted by Crippen LogP contribution is 2.27. The maximum absolute atomic E-state index is 12.4. The summed E-state index contributed by atoms with van der Waals surface area (Å²) in [4.78, 5) is 26.1. The Balaban J connectivity index is 2.30. The van der Waals surface area contributed by atoms with E-state index >= 15 is 0 Å². The van der Waals surface area contributed by atoms with Gasteiger partial charge in [0.15, 0.2) is 5.69 Å². The summed E-state index contributed by atoms with van der Waals surface area (Å²) in [6, 6.07) is -0.0252. The van der Waals surface area contributed by atoms with Crippen LogP contribution in [0.15, 0.2) is 0 Å². The molecule has 1 aromatic heterocycles. The van der Waals surface area contributed by atoms with Crippen LogP contribution >= 0.6 is 0 Å². The first-order valence-corrected chi connectivity index (χ1v) is 7.85. The minimum absolute atomic E-state index is 0.0252. The summed E-state index contributed by atoms with van der Waals surface area (Å²) in [6.07, 6.45) is 0.242. The van der Waals surface area contributed by atoms with Crippen LogP contribution in [-0.4, -0.2) is 45.0 Å². The van der Waals surface area contributed by atoms with E-state index in [4.69, 9.17) is 9.47 Å². The fourth-order valence-electron chi connectivity index (χ4n) is 2.67. The van der Waals surface area contributed by atoms with Gasteiger partial charge in [-0.05, 0) is 34.6 Å². The third-order valence-electron chi connectivity index (χ3n) is 3.72. The average Bonchev–Trinajstić information content (AvgIpc) is 2.73. The Morgan fingerprint density at radius 1 is 1.35 bits per heavy atom. The summed E-state index contributed by atoms with van der Waals surface area (Å²) in [7, 11) is 1.80. The van der Waals surface area contributed by atoms with E-state index in [-0.39, 0.29) is 24.4 Å². The monoisotopic (exact) mass is 323 g/mol. The molecule has 0 N–H and O–H groups in total. The van der Waals surface area contributed by atoms with Crippen molar-refractivity contribution in [2.45, 2.75) is 59.2 Å². The summed E-state index contributed by atoms with van der Waals surface area (Å²) in [6.45, 7) is 9.80. The number of carbonyl (C=O) groups excluding carboxylic acids is 2. The molecular formula is C16H25N3O4. The number of ether oxygens (including phenoxy) is 2. The lowest BCUT2D eigenvalue weighted by Gasteiger charge is -2.35. The molecule has 0 unspecified atom stereocenters. The number of carbonyl (C=O) groups is 2. The number of aryl methyl sites for hydroxylation is 1. The van der Waals surface area contributed by atoms with Crippen molar-refractivity contribution < 1.29 is 19.1 Å². The molecule has 2 rings (SSSR count). The minimum atomic E-state index is -0.560. The van der Waals surface area contributed by atoms with Gasteiger partial charge in [0, 0.05) is 30.8 Å². The molecule has 0 saturated heterocycles. The van der Waals surface area contributed by atoms with Crippen LogP contribution in [0.25, 0.3) is 0 Å². The molecule has 7 nitrogen and oxygen atoms in total. The van der Waals surface area contributed by atoms with Gasteiger partial charge in [-0.1, -0.05) is 0 Å². The zero-order chi connectivity index (χ0) is 17.4. The molecule has 0 fully saturated rings. The van der Waals surface area contributed by atoms with Crippen molar-refractivity contribution in [3.63, 3.8) is 0 Å². The topological polar surface area (TPSA) is 73.7 Å². The predicted octanol–water partition coefficient (Wildman–Crippen LogP) is 2.28. The zero-order valence-electron chi connectivity index (χ0n) is 14.7. The Morgan fingerprint density at radius 3 is 2.57 bits per heavy atom. The minimum Gasteiger partial charge on any atom is -0.461 e. The van der Waals surface area contributed by atoms with Crippen molar-refractivity contribution in [3.8, 4) is 0 Å². The molecule has 1 amide bonds. The molecule has 2 heterocycles. The average molecular weight is 323 g/mol. The van der Waals surface area contributed by atoms with Crippen LogP contribution in [0, 0.1) is 0 Å². The highest BCUT2D eigenvalue weighted by molar-refractivity contribution is 5.89. The Hall–Kier alpha value is -2.05. The lowest BCUT2D eigenvalue weighted by molar-refractivity contribution is 0.0133. The molecule has 0 saturated carbocycles. The van der Waals surface area contributed by atoms with E-state index in [1.807, 2.05) is 27.7 Å². The fourth-order valence-corrected chi connectivity index (χ4v) is 2.67. The van der Waals surface area contributed by atoms with Crippen LogP contribution in [0.3, 0.4) is 0 Å². The number of fused-ring (bicyclic) bond motifs is 1. The Bertz CT molecular complexity index is 616. The van der Waals surface area contributed by atoms with Gasteiger partial charge in [0.1, 0.15) is 5.60 Å². The standard InChI is InChI=1S/C16H25N3O4/c1-7-22-14(20)13-11-9-19(15(21)23-16(3,4)5)10(2)8-12(11)18(6)17-13/h10H,7-9H2,1-6H3/t10-/m1/s1. The van der Waals surface area contributed by atoms with Crippen molar-refractivity contribution in [1.82, 2.24) is 14.7 Å². The third-order valence-corrected chi connectivity index (χ3v) is 3.72. The van der Waals surface area contributed by atoms with E-state index < -0.39 is 11.6 Å². The van der Waals surface area contributed by atoms with Crippen LogP contribution in [0.2, 0.25) is 0 Å². The first-order valence-electron chi connectivity index (χ1n) is 7.85. The van der Waals surface area contributed by atoms with Crippen molar-refractivity contribution in [3.05, 3.63) is 17.0 Å². The Labute approximate surface area is 136 Å². The number of amides is 1. The maximum Gasteiger partial charge on any atom is 0.410 e. The second kappa shape index (κ2) is 6.22. The van der Waals surface area contributed by atoms with E-state index in [9.17, 15) is 9.59 Å². The van der Waals surface area contributed by atoms with Gasteiger partial charge in [0.05, 0.1) is 13.2 Å². The molecule has 1 aliphatic heterocycles. The number of hydrogen-bond acceptors (Lipinski definition) is 5. The number of rotatable bonds is 2. The van der Waals surface area contributed by atoms with Crippen LogP contribution in [-0.2, 0) is 29.5 Å². The van der Waals surface area contributed by atoms with Gasteiger partial charge in [0.2, 0.25) is 0 Å². The van der Waals surface area contributed by atoms with Gasteiger partial charge in [-0.25, -0.2) is 9.59 Å². The zero-order valence-corrected chi connectivity index (χ0v) is 14.7. The summed E-state index contributed by atoms with van der Waals surface area (Å²) >= 11 is 0. The fraction of sp³-hybridized carbons (Fsp3) is 0.688. The normalized spacial score (nSPS) is 17.7. The van der Waals surface area contributed by atoms with Crippen molar-refractivity contribution >= 4 is 12.1 Å². The summed E-state index contributed by atoms with van der Waals surface area (Å²) in [5, 5.41) is 4.28. The first-order chi connectivity index (χ1) is 10.6. The number of aromatic nitrogens is 2. The quantitative estimate of drug-likeness (QED) is 0.781. The molecule has 1 aromatic rings. The molecule has 1 atom stereocenters. The molecule has 1 aliphatic rings. The number of esters is 1. The first kappa shape index (κ1) is 17.3. The number of hydrogen-bond donors (Lipinski definition) is 0. The van der Waals surface area contributed by atoms with Gasteiger partial charge in [0.25, 0.3) is 0 Å². The SMILES string of the molecule is CCOC(=O)c1nn(C)c2c1CN(C(=O)OC(C)(C)C)[C@H](C)C2. The highest BCUT2D eigenvalue weighted by atomic mass is 16.6. The van der Waals surface area contributed by atoms with E-state index in [1.165, 1.54) is 0 Å². The van der Waals surface area contributed by atoms with E-state index in [2.05, 4.69) is 5.10 Å². The van der Waals surface area contributed by atoms with Crippen LogP contribution in [0.1, 0.15) is 56.4 Å². The molecule has 7 heteroatoms. The van der Waals surface area contributed by atoms with E-state index in [1.54, 1.807) is 23.6 Å². The van der Waals surface area contributed by atoms with Gasteiger partial charge in [-0.3, -0.25) is 4.68 Å². The summed E-state index contributed by atoms with van der Waals surface area (Å²) < 4.78 is 12.2. The molecule has 0 aromatic carbocycles. The van der Waals surface area contributed by atoms with Gasteiger partial charge >= 0.3 is 12.1 Å². The van der Waals surface area contributed by atoms with Gasteiger partial charge in [-0.2, -0.15) is 5.10 Å². The van der Waals surface area contributed by atoms with Crippen molar-refractivity contribution in [2.75, 3.05) is 6.61 Å². The Kier molecular flexibility index (Phi) is 4.68. The molecule has 0 spiro atoms. The number of nitrogens with zero attached hydrogens (tertiary/aromatic N) is 3. The van der Waals surface area contributed by atoms with Crippen molar-refractivity contribution in [2.24, 2.45) is 7.05 Å². The van der Waals surface area contributed by atoms with E-state index in [0.29, 0.717) is 13.0 Å². The molecule has 128 valence electrons. The smallest absolute Gasteiger partial charge is 0.410 e. The molecule has 0 bridgehead atoms. The second-order valence-electron chi connectivity index (χ2n) is 6.78. The second-order valence-corrected chi connectivity index (χ2v) is 6.78. The summed E-state index contributed by atoms with van der Waals surface area (Å²) in [5.41, 5.74) is 1.43. The van der Waals surface area contributed by atoms with Crippen LogP contribution in [0.4, 0.5) is 4.79 Å².